The molecule has 2 nitrogen and oxygen atoms in total. The number of pyridine rings is 2. The van der Waals surface area contributed by atoms with Crippen LogP contribution in [0.5, 0.6) is 0 Å². The smallest absolute Gasteiger partial charge is 0.110 e. The molecule has 0 fully saturated rings. The van der Waals surface area contributed by atoms with Gasteiger partial charge in [-0.3, -0.25) is 4.98 Å². The molecule has 0 N–H and O–H groups in total. The van der Waals surface area contributed by atoms with Gasteiger partial charge in [0.25, 0.3) is 0 Å². The van der Waals surface area contributed by atoms with E-state index in [-0.39, 0.29) is 0 Å². The van der Waals surface area contributed by atoms with E-state index in [2.05, 4.69) is 153 Å². The van der Waals surface area contributed by atoms with Crippen molar-refractivity contribution in [2.45, 2.75) is 91.4 Å². The molecule has 2 heterocycles. The lowest BCUT2D eigenvalue weighted by Gasteiger charge is -2.25. The zero-order chi connectivity index (χ0) is 34.0. The van der Waals surface area contributed by atoms with Gasteiger partial charge >= 0.3 is 0 Å². The van der Waals surface area contributed by atoms with Crippen LogP contribution < -0.4 is 0 Å². The first kappa shape index (κ1) is 35.0. The molecule has 0 bridgehead atoms. The molecular formula is C46H49IN2. The van der Waals surface area contributed by atoms with E-state index in [0.29, 0.717) is 0 Å². The van der Waals surface area contributed by atoms with Gasteiger partial charge in [0, 0.05) is 28.2 Å². The Labute approximate surface area is 308 Å². The molecule has 5 aromatic rings. The molecule has 0 atom stereocenters. The van der Waals surface area contributed by atoms with Crippen molar-refractivity contribution < 1.29 is 0 Å². The highest BCUT2D eigenvalue weighted by molar-refractivity contribution is 14.1. The molecule has 1 aliphatic rings. The van der Waals surface area contributed by atoms with Crippen molar-refractivity contribution in [3.63, 3.8) is 0 Å². The molecule has 1 aliphatic carbocycles. The predicted molar refractivity (Wildman–Crippen MR) is 219 cm³/mol. The summed E-state index contributed by atoms with van der Waals surface area (Å²) in [7, 11) is 0. The van der Waals surface area contributed by atoms with Crippen LogP contribution in [0.2, 0.25) is 0 Å². The van der Waals surface area contributed by atoms with Gasteiger partial charge in [-0.15, -0.1) is 0 Å². The number of aromatic nitrogens is 2. The first-order chi connectivity index (χ1) is 24.1. The Balaban J connectivity index is 1.72. The summed E-state index contributed by atoms with van der Waals surface area (Å²) in [5, 5.41) is 0. The molecule has 2 aromatic heterocycles. The molecule has 6 rings (SSSR count). The quantitative estimate of drug-likeness (QED) is 0.0833. The van der Waals surface area contributed by atoms with Crippen LogP contribution in [0, 0.1) is 3.70 Å². The molecule has 3 aromatic carbocycles. The minimum Gasteiger partial charge on any atom is -0.257 e. The van der Waals surface area contributed by atoms with Crippen LogP contribution in [0.25, 0.3) is 44.5 Å². The van der Waals surface area contributed by atoms with Crippen LogP contribution >= 0.6 is 22.6 Å². The average Bonchev–Trinajstić information content (AvgIpc) is 3.15. The number of rotatable bonds is 14. The fraction of sp³-hybridized carbons (Fsp3) is 0.304. The summed E-state index contributed by atoms with van der Waals surface area (Å²) in [4.78, 5) is 10.8. The summed E-state index contributed by atoms with van der Waals surface area (Å²) >= 11 is 2.53. The van der Waals surface area contributed by atoms with Gasteiger partial charge in [-0.25, -0.2) is 4.98 Å². The lowest BCUT2D eigenvalue weighted by molar-refractivity contribution is 0.747. The van der Waals surface area contributed by atoms with E-state index in [1.807, 2.05) is 0 Å². The van der Waals surface area contributed by atoms with Crippen molar-refractivity contribution in [2.24, 2.45) is 0 Å². The summed E-state index contributed by atoms with van der Waals surface area (Å²) in [5.74, 6) is 0. The van der Waals surface area contributed by atoms with E-state index in [0.717, 1.165) is 74.3 Å². The van der Waals surface area contributed by atoms with Gasteiger partial charge < -0.3 is 0 Å². The van der Waals surface area contributed by atoms with Crippen molar-refractivity contribution >= 4 is 33.7 Å². The van der Waals surface area contributed by atoms with Crippen molar-refractivity contribution in [3.05, 3.63) is 141 Å². The highest BCUT2D eigenvalue weighted by atomic mass is 127. The second-order valence-corrected chi connectivity index (χ2v) is 14.3. The monoisotopic (exact) mass is 756 g/mol. The lowest BCUT2D eigenvalue weighted by atomic mass is 9.82. The maximum Gasteiger partial charge on any atom is 0.110 e. The number of allylic oxidation sites excluding steroid dienone is 4. The van der Waals surface area contributed by atoms with Crippen molar-refractivity contribution in [1.29, 1.82) is 0 Å². The van der Waals surface area contributed by atoms with Crippen molar-refractivity contribution in [2.75, 3.05) is 0 Å². The molecule has 0 unspecified atom stereocenters. The maximum atomic E-state index is 5.50. The minimum absolute atomic E-state index is 0.958. The second kappa shape index (κ2) is 17.2. The van der Waals surface area contributed by atoms with Crippen LogP contribution in [0.3, 0.4) is 0 Å². The Hall–Kier alpha value is -3.83. The Morgan fingerprint density at radius 1 is 0.571 bits per heavy atom. The van der Waals surface area contributed by atoms with Crippen LogP contribution in [0.1, 0.15) is 100 Å². The molecule has 3 heteroatoms. The maximum absolute atomic E-state index is 5.50. The normalized spacial score (nSPS) is 12.9. The van der Waals surface area contributed by atoms with E-state index in [1.165, 1.54) is 72.7 Å². The van der Waals surface area contributed by atoms with Crippen LogP contribution in [-0.2, 0) is 19.3 Å². The lowest BCUT2D eigenvalue weighted by Crippen LogP contribution is -2.08. The highest BCUT2D eigenvalue weighted by Crippen LogP contribution is 2.46. The molecule has 0 spiro atoms. The zero-order valence-electron chi connectivity index (χ0n) is 29.4. The fourth-order valence-corrected chi connectivity index (χ4v) is 8.00. The van der Waals surface area contributed by atoms with Crippen molar-refractivity contribution in [1.82, 2.24) is 9.97 Å². The van der Waals surface area contributed by atoms with Crippen LogP contribution in [-0.4, -0.2) is 9.97 Å². The van der Waals surface area contributed by atoms with E-state index < -0.39 is 0 Å². The summed E-state index contributed by atoms with van der Waals surface area (Å²) < 4.78 is 1.08. The summed E-state index contributed by atoms with van der Waals surface area (Å²) in [5.41, 5.74) is 16.5. The van der Waals surface area contributed by atoms with Gasteiger partial charge in [-0.05, 0) is 131 Å². The number of hydrogen-bond donors (Lipinski definition) is 0. The number of hydrogen-bond acceptors (Lipinski definition) is 2. The molecule has 49 heavy (non-hydrogen) atoms. The molecule has 250 valence electrons. The van der Waals surface area contributed by atoms with Gasteiger partial charge in [-0.2, -0.15) is 0 Å². The standard InChI is InChI=1S/C46H49IN2/c1-4-7-24-35-31-41(44(43(48-35)30-9-6-3)39-28-18-16-26-37(39)33-20-12-10-13-21-33)42-32-36(25-8-5-2)49-46(47)45(42)40-29-19-17-27-38(40)34-22-14-11-15-23-34/h10-16,18-23,26,28-29,31-32H,4-9,17,24-25,27,30H2,1-3H3. The van der Waals surface area contributed by atoms with Crippen LogP contribution in [0.15, 0.2) is 109 Å². The SMILES string of the molecule is CCCCc1cc(-c2cc(CCCC)nc(CCCC)c2-c2ccccc2-c2ccccc2)c(C2=C(c3ccccc3)CCC=C2)c(I)n1. The van der Waals surface area contributed by atoms with E-state index >= 15 is 0 Å². The number of aryl methyl sites for hydroxylation is 3. The number of halogens is 1. The number of unbranched alkanes of at least 4 members (excludes halogenated alkanes) is 3. The zero-order valence-corrected chi connectivity index (χ0v) is 31.6. The van der Waals surface area contributed by atoms with Gasteiger partial charge in [0.05, 0.1) is 0 Å². The molecular weight excluding hydrogens is 707 g/mol. The Kier molecular flexibility index (Phi) is 12.3. The van der Waals surface area contributed by atoms with E-state index in [9.17, 15) is 0 Å². The Morgan fingerprint density at radius 3 is 1.78 bits per heavy atom. The molecule has 0 aliphatic heterocycles. The predicted octanol–water partition coefficient (Wildman–Crippen LogP) is 13.4. The number of nitrogens with zero attached hydrogens (tertiary/aromatic N) is 2. The molecule has 0 radical (unpaired) electrons. The topological polar surface area (TPSA) is 25.8 Å². The summed E-state index contributed by atoms with van der Waals surface area (Å²) in [6.45, 7) is 6.83. The third-order valence-corrected chi connectivity index (χ3v) is 10.4. The van der Waals surface area contributed by atoms with Crippen molar-refractivity contribution in [3.8, 4) is 33.4 Å². The average molecular weight is 757 g/mol. The summed E-state index contributed by atoms with van der Waals surface area (Å²) in [6, 6.07) is 35.7. The minimum atomic E-state index is 0.958. The highest BCUT2D eigenvalue weighted by Gasteiger charge is 2.25. The third kappa shape index (κ3) is 8.15. The summed E-state index contributed by atoms with van der Waals surface area (Å²) in [6.07, 6.45) is 16.5. The Bertz CT molecular complexity index is 1920. The fourth-order valence-electron chi connectivity index (χ4n) is 7.11. The largest absolute Gasteiger partial charge is 0.257 e. The molecule has 0 amide bonds. The Morgan fingerprint density at radius 2 is 1.12 bits per heavy atom. The van der Waals surface area contributed by atoms with E-state index in [1.54, 1.807) is 0 Å². The van der Waals surface area contributed by atoms with Gasteiger partial charge in [0.15, 0.2) is 0 Å². The van der Waals surface area contributed by atoms with Gasteiger partial charge in [0.2, 0.25) is 0 Å². The molecule has 0 saturated carbocycles. The first-order valence-electron chi connectivity index (χ1n) is 18.5. The first-order valence-corrected chi connectivity index (χ1v) is 19.5. The van der Waals surface area contributed by atoms with E-state index in [4.69, 9.17) is 9.97 Å². The van der Waals surface area contributed by atoms with Gasteiger partial charge in [-0.1, -0.05) is 137 Å². The van der Waals surface area contributed by atoms with Crippen LogP contribution in [0.4, 0.5) is 0 Å². The number of benzene rings is 3. The second-order valence-electron chi connectivity index (χ2n) is 13.2. The third-order valence-electron chi connectivity index (χ3n) is 9.65. The molecule has 0 saturated heterocycles. The van der Waals surface area contributed by atoms with Gasteiger partial charge in [0.1, 0.15) is 3.70 Å².